The van der Waals surface area contributed by atoms with Crippen LogP contribution in [0.1, 0.15) is 15.9 Å². The number of alkyl halides is 3. The van der Waals surface area contributed by atoms with E-state index in [9.17, 15) is 28.1 Å². The molecule has 0 saturated carbocycles. The molecule has 1 aliphatic heterocycles. The number of carbonyl (C=O) groups is 1. The number of halogens is 3. The van der Waals surface area contributed by atoms with Gasteiger partial charge in [-0.1, -0.05) is 0 Å². The van der Waals surface area contributed by atoms with Gasteiger partial charge in [0.1, 0.15) is 5.56 Å². The van der Waals surface area contributed by atoms with E-state index < -0.39 is 28.3 Å². The molecule has 0 aliphatic carbocycles. The van der Waals surface area contributed by atoms with Crippen LogP contribution in [0.3, 0.4) is 0 Å². The molecule has 1 aromatic rings. The van der Waals surface area contributed by atoms with Crippen LogP contribution in [-0.2, 0) is 10.9 Å². The number of likely N-dealkylation sites (tertiary alicyclic amines) is 1. The van der Waals surface area contributed by atoms with Gasteiger partial charge < -0.3 is 9.64 Å². The van der Waals surface area contributed by atoms with Crippen LogP contribution >= 0.6 is 0 Å². The third-order valence-corrected chi connectivity index (χ3v) is 3.22. The van der Waals surface area contributed by atoms with Gasteiger partial charge in [-0.3, -0.25) is 14.9 Å². The average Bonchev–Trinajstić information content (AvgIpc) is 2.35. The fourth-order valence-electron chi connectivity index (χ4n) is 1.96. The summed E-state index contributed by atoms with van der Waals surface area (Å²) in [4.78, 5) is 23.2. The maximum absolute atomic E-state index is 12.6. The first-order chi connectivity index (χ1) is 9.74. The predicted molar refractivity (Wildman–Crippen MR) is 64.8 cm³/mol. The largest absolute Gasteiger partial charge is 0.416 e. The van der Waals surface area contributed by atoms with Gasteiger partial charge in [0, 0.05) is 26.3 Å². The van der Waals surface area contributed by atoms with E-state index in [0.29, 0.717) is 12.1 Å². The Morgan fingerprint density at radius 2 is 2.05 bits per heavy atom. The van der Waals surface area contributed by atoms with Gasteiger partial charge in [-0.05, 0) is 12.1 Å². The van der Waals surface area contributed by atoms with Gasteiger partial charge in [0.15, 0.2) is 0 Å². The second-order valence-electron chi connectivity index (χ2n) is 4.55. The number of ether oxygens (including phenoxy) is 1. The zero-order valence-corrected chi connectivity index (χ0v) is 10.9. The van der Waals surface area contributed by atoms with Crippen LogP contribution < -0.4 is 0 Å². The lowest BCUT2D eigenvalue weighted by Gasteiger charge is -2.38. The first kappa shape index (κ1) is 15.2. The predicted octanol–water partition coefficient (Wildman–Crippen LogP) is 2.08. The maximum atomic E-state index is 12.6. The fourth-order valence-corrected chi connectivity index (χ4v) is 1.96. The summed E-state index contributed by atoms with van der Waals surface area (Å²) in [6.07, 6.45) is -4.85. The number of nitro groups is 1. The molecule has 9 heteroatoms. The first-order valence-electron chi connectivity index (χ1n) is 5.91. The topological polar surface area (TPSA) is 72.7 Å². The number of nitro benzene ring substituents is 1. The molecule has 0 aromatic heterocycles. The van der Waals surface area contributed by atoms with E-state index >= 15 is 0 Å². The maximum Gasteiger partial charge on any atom is 0.416 e. The Hall–Kier alpha value is -2.16. The van der Waals surface area contributed by atoms with Crippen molar-refractivity contribution in [3.8, 4) is 0 Å². The summed E-state index contributed by atoms with van der Waals surface area (Å²) in [5, 5.41) is 10.9. The highest BCUT2D eigenvalue weighted by atomic mass is 19.4. The number of benzene rings is 1. The molecule has 1 heterocycles. The Labute approximate surface area is 117 Å². The number of methoxy groups -OCH3 is 1. The number of hydrogen-bond acceptors (Lipinski definition) is 4. The molecule has 1 aliphatic rings. The Morgan fingerprint density at radius 3 is 2.52 bits per heavy atom. The van der Waals surface area contributed by atoms with Crippen LogP contribution in [0, 0.1) is 10.1 Å². The Balaban J connectivity index is 2.31. The zero-order chi connectivity index (χ0) is 15.8. The summed E-state index contributed by atoms with van der Waals surface area (Å²) in [7, 11) is 1.47. The lowest BCUT2D eigenvalue weighted by atomic mass is 10.0. The van der Waals surface area contributed by atoms with Crippen molar-refractivity contribution in [1.29, 1.82) is 0 Å². The van der Waals surface area contributed by atoms with E-state index in [1.54, 1.807) is 0 Å². The molecular formula is C12H11F3N2O4. The van der Waals surface area contributed by atoms with Gasteiger partial charge in [0.05, 0.1) is 16.6 Å². The van der Waals surface area contributed by atoms with E-state index in [1.165, 1.54) is 12.0 Å². The number of carbonyl (C=O) groups excluding carboxylic acids is 1. The van der Waals surface area contributed by atoms with Crippen molar-refractivity contribution in [3.63, 3.8) is 0 Å². The zero-order valence-electron chi connectivity index (χ0n) is 10.9. The highest BCUT2D eigenvalue weighted by Gasteiger charge is 2.37. The molecule has 0 spiro atoms. The second-order valence-corrected chi connectivity index (χ2v) is 4.55. The third-order valence-electron chi connectivity index (χ3n) is 3.22. The number of hydrogen-bond donors (Lipinski definition) is 0. The highest BCUT2D eigenvalue weighted by Crippen LogP contribution is 2.33. The quantitative estimate of drug-likeness (QED) is 0.633. The van der Waals surface area contributed by atoms with Gasteiger partial charge >= 0.3 is 6.18 Å². The average molecular weight is 304 g/mol. The molecule has 114 valence electrons. The molecule has 0 atom stereocenters. The van der Waals surface area contributed by atoms with Crippen molar-refractivity contribution in [2.45, 2.75) is 12.3 Å². The van der Waals surface area contributed by atoms with Gasteiger partial charge in [-0.15, -0.1) is 0 Å². The Kier molecular flexibility index (Phi) is 3.86. The molecule has 0 bridgehead atoms. The lowest BCUT2D eigenvalue weighted by molar-refractivity contribution is -0.385. The molecule has 1 saturated heterocycles. The molecule has 1 fully saturated rings. The summed E-state index contributed by atoms with van der Waals surface area (Å²) in [5.41, 5.74) is -2.37. The fraction of sp³-hybridized carbons (Fsp3) is 0.417. The SMILES string of the molecule is COC1CN(C(=O)c2ccc(C(F)(F)F)cc2[N+](=O)[O-])C1. The van der Waals surface area contributed by atoms with Gasteiger partial charge in [-0.2, -0.15) is 13.2 Å². The molecule has 2 rings (SSSR count). The molecular weight excluding hydrogens is 293 g/mol. The third kappa shape index (κ3) is 2.97. The van der Waals surface area contributed by atoms with Crippen molar-refractivity contribution in [1.82, 2.24) is 4.90 Å². The van der Waals surface area contributed by atoms with Crippen molar-refractivity contribution in [3.05, 3.63) is 39.4 Å². The molecule has 1 amide bonds. The highest BCUT2D eigenvalue weighted by molar-refractivity contribution is 5.98. The molecule has 0 N–H and O–H groups in total. The monoisotopic (exact) mass is 304 g/mol. The smallest absolute Gasteiger partial charge is 0.378 e. The van der Waals surface area contributed by atoms with Crippen molar-refractivity contribution >= 4 is 11.6 Å². The minimum Gasteiger partial charge on any atom is -0.378 e. The van der Waals surface area contributed by atoms with Gasteiger partial charge in [-0.25, -0.2) is 0 Å². The summed E-state index contributed by atoms with van der Waals surface area (Å²) in [5.74, 6) is -0.677. The van der Waals surface area contributed by atoms with Crippen LogP contribution in [0.25, 0.3) is 0 Å². The van der Waals surface area contributed by atoms with E-state index in [2.05, 4.69) is 0 Å². The lowest BCUT2D eigenvalue weighted by Crippen LogP contribution is -2.54. The van der Waals surface area contributed by atoms with Crippen molar-refractivity contribution in [2.24, 2.45) is 0 Å². The summed E-state index contributed by atoms with van der Waals surface area (Å²) < 4.78 is 42.7. The van der Waals surface area contributed by atoms with Gasteiger partial charge in [0.2, 0.25) is 0 Å². The van der Waals surface area contributed by atoms with E-state index in [0.717, 1.165) is 6.07 Å². The number of nitrogens with zero attached hydrogens (tertiary/aromatic N) is 2. The normalized spacial score (nSPS) is 15.7. The van der Waals surface area contributed by atoms with Crippen molar-refractivity contribution in [2.75, 3.05) is 20.2 Å². The number of amides is 1. The van der Waals surface area contributed by atoms with Crippen molar-refractivity contribution < 1.29 is 27.6 Å². The molecule has 0 unspecified atom stereocenters. The molecule has 1 aromatic carbocycles. The van der Waals surface area contributed by atoms with Crippen LogP contribution in [-0.4, -0.2) is 42.0 Å². The first-order valence-corrected chi connectivity index (χ1v) is 5.91. The van der Waals surface area contributed by atoms with Crippen LogP contribution in [0.2, 0.25) is 0 Å². The number of rotatable bonds is 3. The minimum atomic E-state index is -4.70. The van der Waals surface area contributed by atoms with Crippen LogP contribution in [0.15, 0.2) is 18.2 Å². The summed E-state index contributed by atoms with van der Waals surface area (Å²) in [6, 6.07) is 1.87. The standard InChI is InChI=1S/C12H11F3N2O4/c1-21-8-5-16(6-8)11(18)9-3-2-7(12(13,14)15)4-10(9)17(19)20/h2-4,8H,5-6H2,1H3. The molecule has 0 radical (unpaired) electrons. The molecule has 21 heavy (non-hydrogen) atoms. The van der Waals surface area contributed by atoms with Gasteiger partial charge in [0.25, 0.3) is 11.6 Å². The summed E-state index contributed by atoms with van der Waals surface area (Å²) in [6.45, 7) is 0.515. The Morgan fingerprint density at radius 1 is 1.43 bits per heavy atom. The van der Waals surface area contributed by atoms with Crippen LogP contribution in [0.4, 0.5) is 18.9 Å². The summed E-state index contributed by atoms with van der Waals surface area (Å²) >= 11 is 0. The van der Waals surface area contributed by atoms with Crippen LogP contribution in [0.5, 0.6) is 0 Å². The second kappa shape index (κ2) is 5.32. The van der Waals surface area contributed by atoms with E-state index in [4.69, 9.17) is 4.74 Å². The molecule has 6 nitrogen and oxygen atoms in total. The Bertz CT molecular complexity index is 582. The minimum absolute atomic E-state index is 0.151. The van der Waals surface area contributed by atoms with E-state index in [-0.39, 0.29) is 24.8 Å². The van der Waals surface area contributed by atoms with E-state index in [1.807, 2.05) is 0 Å².